The molecule has 2 aliphatic heterocycles. The molecule has 0 spiro atoms. The zero-order chi connectivity index (χ0) is 19.1. The minimum atomic E-state index is -0.648. The van der Waals surface area contributed by atoms with Gasteiger partial charge in [-0.2, -0.15) is 0 Å². The Balaban J connectivity index is 1.30. The molecule has 2 aromatic carbocycles. The van der Waals surface area contributed by atoms with Crippen molar-refractivity contribution < 1.29 is 9.47 Å². The Morgan fingerprint density at radius 3 is 2.46 bits per heavy atom. The predicted molar refractivity (Wildman–Crippen MR) is 114 cm³/mol. The van der Waals surface area contributed by atoms with Crippen molar-refractivity contribution in [2.24, 2.45) is 0 Å². The maximum absolute atomic E-state index is 6.47. The third-order valence-electron chi connectivity index (χ3n) is 6.09. The van der Waals surface area contributed by atoms with Crippen LogP contribution in [0.1, 0.15) is 56.1 Å². The Morgan fingerprint density at radius 1 is 0.857 bits per heavy atom. The lowest BCUT2D eigenvalue weighted by atomic mass is 9.94. The van der Waals surface area contributed by atoms with Gasteiger partial charge in [0, 0.05) is 12.0 Å². The molecule has 0 aromatic heterocycles. The summed E-state index contributed by atoms with van der Waals surface area (Å²) in [6.07, 6.45) is 9.56. The van der Waals surface area contributed by atoms with Crippen LogP contribution in [0.2, 0.25) is 0 Å². The number of hydrogen-bond acceptors (Lipinski definition) is 3. The van der Waals surface area contributed by atoms with Gasteiger partial charge in [0.05, 0.1) is 6.61 Å². The molecule has 2 heterocycles. The van der Waals surface area contributed by atoms with Crippen molar-refractivity contribution in [2.45, 2.75) is 57.2 Å². The van der Waals surface area contributed by atoms with E-state index in [-0.39, 0.29) is 0 Å². The monoisotopic (exact) mass is 379 g/mol. The van der Waals surface area contributed by atoms with E-state index in [1.807, 2.05) is 12.1 Å². The minimum absolute atomic E-state index is 0.648. The highest BCUT2D eigenvalue weighted by atomic mass is 16.7. The molecule has 1 atom stereocenters. The molecule has 0 N–H and O–H groups in total. The van der Waals surface area contributed by atoms with Crippen LogP contribution >= 0.6 is 0 Å². The topological polar surface area (TPSA) is 21.7 Å². The lowest BCUT2D eigenvalue weighted by Gasteiger charge is -2.38. The van der Waals surface area contributed by atoms with Crippen LogP contribution in [0, 0.1) is 0 Å². The molecule has 2 aliphatic rings. The van der Waals surface area contributed by atoms with Crippen molar-refractivity contribution in [3.8, 4) is 5.75 Å². The summed E-state index contributed by atoms with van der Waals surface area (Å²) in [5.74, 6) is 0.314. The molecular formula is C25H33NO2. The molecule has 0 radical (unpaired) electrons. The summed E-state index contributed by atoms with van der Waals surface area (Å²) in [5, 5.41) is 0. The molecule has 1 fully saturated rings. The van der Waals surface area contributed by atoms with E-state index in [0.29, 0.717) is 0 Å². The highest BCUT2D eigenvalue weighted by molar-refractivity contribution is 5.37. The fourth-order valence-electron chi connectivity index (χ4n) is 4.45. The molecule has 28 heavy (non-hydrogen) atoms. The van der Waals surface area contributed by atoms with Crippen LogP contribution in [0.25, 0.3) is 0 Å². The fraction of sp³-hybridized carbons (Fsp3) is 0.520. The van der Waals surface area contributed by atoms with E-state index < -0.39 is 5.79 Å². The standard InChI is InChI=1S/C25H33NO2/c1(8-18-26-19-9-10-20-26)2-11-21-27-25(23-13-4-3-5-14-23)17-16-22-12-6-7-15-24(22)28-25/h3-7,12-15H,1-2,8-11,16-21H2. The second-order valence-corrected chi connectivity index (χ2v) is 8.14. The van der Waals surface area contributed by atoms with Gasteiger partial charge in [0.15, 0.2) is 0 Å². The maximum atomic E-state index is 6.47. The van der Waals surface area contributed by atoms with Gasteiger partial charge in [-0.3, -0.25) is 0 Å². The summed E-state index contributed by atoms with van der Waals surface area (Å²) >= 11 is 0. The molecular weight excluding hydrogens is 346 g/mol. The fourth-order valence-corrected chi connectivity index (χ4v) is 4.45. The van der Waals surface area contributed by atoms with E-state index in [1.54, 1.807) is 0 Å². The molecule has 1 unspecified atom stereocenters. The van der Waals surface area contributed by atoms with Gasteiger partial charge in [-0.05, 0) is 63.4 Å². The van der Waals surface area contributed by atoms with E-state index in [1.165, 1.54) is 57.3 Å². The SMILES string of the molecule is c1ccc(C2(OCCCCCCN3CCCC3)CCc3ccccc3O2)cc1. The summed E-state index contributed by atoms with van der Waals surface area (Å²) in [6.45, 7) is 4.64. The predicted octanol–water partition coefficient (Wildman–Crippen LogP) is 5.54. The Bertz CT molecular complexity index is 726. The average Bonchev–Trinajstić information content (AvgIpc) is 3.27. The minimum Gasteiger partial charge on any atom is -0.458 e. The van der Waals surface area contributed by atoms with Crippen molar-refractivity contribution in [2.75, 3.05) is 26.2 Å². The quantitative estimate of drug-likeness (QED) is 0.534. The van der Waals surface area contributed by atoms with Gasteiger partial charge in [-0.25, -0.2) is 0 Å². The second kappa shape index (κ2) is 9.58. The summed E-state index contributed by atoms with van der Waals surface area (Å²) in [6, 6.07) is 18.8. The number of ether oxygens (including phenoxy) is 2. The van der Waals surface area contributed by atoms with Crippen molar-refractivity contribution in [1.29, 1.82) is 0 Å². The summed E-state index contributed by atoms with van der Waals surface area (Å²) in [4.78, 5) is 2.61. The van der Waals surface area contributed by atoms with E-state index in [9.17, 15) is 0 Å². The van der Waals surface area contributed by atoms with Crippen LogP contribution in [0.3, 0.4) is 0 Å². The molecule has 2 aromatic rings. The molecule has 3 heteroatoms. The van der Waals surface area contributed by atoms with Crippen molar-refractivity contribution in [3.05, 3.63) is 65.7 Å². The first-order chi connectivity index (χ1) is 13.9. The number of unbranched alkanes of at least 4 members (excludes halogenated alkanes) is 3. The van der Waals surface area contributed by atoms with Gasteiger partial charge < -0.3 is 14.4 Å². The highest BCUT2D eigenvalue weighted by Crippen LogP contribution is 2.40. The number of likely N-dealkylation sites (tertiary alicyclic amines) is 1. The summed E-state index contributed by atoms with van der Waals surface area (Å²) in [5.41, 5.74) is 2.40. The van der Waals surface area contributed by atoms with Gasteiger partial charge in [0.1, 0.15) is 5.75 Å². The third-order valence-corrected chi connectivity index (χ3v) is 6.09. The number of rotatable bonds is 9. The van der Waals surface area contributed by atoms with Crippen LogP contribution in [0.5, 0.6) is 5.75 Å². The average molecular weight is 380 g/mol. The zero-order valence-corrected chi connectivity index (χ0v) is 16.9. The molecule has 4 rings (SSSR count). The normalized spacial score (nSPS) is 22.0. The Hall–Kier alpha value is -1.84. The van der Waals surface area contributed by atoms with Crippen molar-refractivity contribution in [1.82, 2.24) is 4.90 Å². The molecule has 0 saturated carbocycles. The number of aryl methyl sites for hydroxylation is 1. The first-order valence-electron chi connectivity index (χ1n) is 11.0. The van der Waals surface area contributed by atoms with Crippen LogP contribution in [-0.2, 0) is 16.9 Å². The van der Waals surface area contributed by atoms with Crippen LogP contribution in [-0.4, -0.2) is 31.1 Å². The Labute approximate surface area is 169 Å². The largest absolute Gasteiger partial charge is 0.458 e. The number of nitrogens with zero attached hydrogens (tertiary/aromatic N) is 1. The first-order valence-corrected chi connectivity index (χ1v) is 11.0. The van der Waals surface area contributed by atoms with Crippen molar-refractivity contribution >= 4 is 0 Å². The van der Waals surface area contributed by atoms with Crippen LogP contribution in [0.4, 0.5) is 0 Å². The van der Waals surface area contributed by atoms with E-state index in [4.69, 9.17) is 9.47 Å². The van der Waals surface area contributed by atoms with Gasteiger partial charge in [-0.1, -0.05) is 61.4 Å². The molecule has 150 valence electrons. The molecule has 0 amide bonds. The molecule has 3 nitrogen and oxygen atoms in total. The second-order valence-electron chi connectivity index (χ2n) is 8.14. The molecule has 0 bridgehead atoms. The number of fused-ring (bicyclic) bond motifs is 1. The van der Waals surface area contributed by atoms with E-state index >= 15 is 0 Å². The summed E-state index contributed by atoms with van der Waals surface area (Å²) in [7, 11) is 0. The lowest BCUT2D eigenvalue weighted by Crippen LogP contribution is -2.40. The van der Waals surface area contributed by atoms with Gasteiger partial charge >= 0.3 is 0 Å². The van der Waals surface area contributed by atoms with Crippen LogP contribution in [0.15, 0.2) is 54.6 Å². The number of hydrogen-bond donors (Lipinski definition) is 0. The van der Waals surface area contributed by atoms with Gasteiger partial charge in [-0.15, -0.1) is 0 Å². The summed E-state index contributed by atoms with van der Waals surface area (Å²) < 4.78 is 12.9. The third kappa shape index (κ3) is 4.76. The Morgan fingerprint density at radius 2 is 1.61 bits per heavy atom. The van der Waals surface area contributed by atoms with Gasteiger partial charge in [0.25, 0.3) is 0 Å². The molecule has 1 saturated heterocycles. The number of benzene rings is 2. The van der Waals surface area contributed by atoms with Gasteiger partial charge in [0.2, 0.25) is 5.79 Å². The zero-order valence-electron chi connectivity index (χ0n) is 16.9. The van der Waals surface area contributed by atoms with E-state index in [2.05, 4.69) is 47.4 Å². The molecule has 0 aliphatic carbocycles. The first kappa shape index (κ1) is 19.5. The smallest absolute Gasteiger partial charge is 0.237 e. The maximum Gasteiger partial charge on any atom is 0.237 e. The van der Waals surface area contributed by atoms with E-state index in [0.717, 1.165) is 37.2 Å². The van der Waals surface area contributed by atoms with Crippen molar-refractivity contribution in [3.63, 3.8) is 0 Å². The number of para-hydroxylation sites is 1. The highest BCUT2D eigenvalue weighted by Gasteiger charge is 2.39. The van der Waals surface area contributed by atoms with Crippen LogP contribution < -0.4 is 4.74 Å². The lowest BCUT2D eigenvalue weighted by molar-refractivity contribution is -0.203. The Kier molecular flexibility index (Phi) is 6.66.